The number of ether oxygens (including phenoxy) is 2. The summed E-state index contributed by atoms with van der Waals surface area (Å²) >= 11 is 0. The Morgan fingerprint density at radius 1 is 0.906 bits per heavy atom. The summed E-state index contributed by atoms with van der Waals surface area (Å²) in [5.41, 5.74) is 0.714. The van der Waals surface area contributed by atoms with Gasteiger partial charge in [0.2, 0.25) is 11.8 Å². The quantitative estimate of drug-likeness (QED) is 0.698. The van der Waals surface area contributed by atoms with E-state index in [1.165, 1.54) is 25.7 Å². The van der Waals surface area contributed by atoms with Gasteiger partial charge in [-0.3, -0.25) is 14.5 Å². The average Bonchev–Trinajstić information content (AvgIpc) is 3.54. The number of anilines is 1. The molecule has 2 amide bonds. The Morgan fingerprint density at radius 3 is 2.16 bits per heavy atom. The van der Waals surface area contributed by atoms with Crippen molar-refractivity contribution >= 4 is 17.5 Å². The van der Waals surface area contributed by atoms with Crippen LogP contribution in [0.25, 0.3) is 0 Å². The van der Waals surface area contributed by atoms with Crippen molar-refractivity contribution < 1.29 is 19.1 Å². The highest BCUT2D eigenvalue weighted by molar-refractivity contribution is 5.95. The van der Waals surface area contributed by atoms with Gasteiger partial charge in [0.1, 0.15) is 0 Å². The molecule has 4 rings (SSSR count). The molecule has 1 aliphatic heterocycles. The lowest BCUT2D eigenvalue weighted by atomic mass is 9.94. The number of hydrogen-bond acceptors (Lipinski definition) is 5. The van der Waals surface area contributed by atoms with Crippen molar-refractivity contribution in [2.45, 2.75) is 57.4 Å². The summed E-state index contributed by atoms with van der Waals surface area (Å²) < 4.78 is 10.7. The van der Waals surface area contributed by atoms with Crippen LogP contribution in [-0.2, 0) is 9.59 Å². The first kappa shape index (κ1) is 22.9. The minimum atomic E-state index is -0.158. The van der Waals surface area contributed by atoms with Crippen molar-refractivity contribution in [2.75, 3.05) is 45.7 Å². The van der Waals surface area contributed by atoms with Gasteiger partial charge in [0, 0.05) is 43.9 Å². The van der Waals surface area contributed by atoms with Crippen molar-refractivity contribution in [1.82, 2.24) is 9.80 Å². The van der Waals surface area contributed by atoms with E-state index in [9.17, 15) is 9.59 Å². The summed E-state index contributed by atoms with van der Waals surface area (Å²) in [6, 6.07) is 5.31. The van der Waals surface area contributed by atoms with Gasteiger partial charge in [0.05, 0.1) is 20.3 Å². The summed E-state index contributed by atoms with van der Waals surface area (Å²) in [4.78, 5) is 30.6. The second kappa shape index (κ2) is 10.6. The van der Waals surface area contributed by atoms with E-state index in [4.69, 9.17) is 9.47 Å². The van der Waals surface area contributed by atoms with Gasteiger partial charge in [-0.2, -0.15) is 0 Å². The predicted molar refractivity (Wildman–Crippen MR) is 124 cm³/mol. The second-order valence-electron chi connectivity index (χ2n) is 9.39. The van der Waals surface area contributed by atoms with E-state index in [1.807, 2.05) is 17.0 Å². The fourth-order valence-electron chi connectivity index (χ4n) is 5.73. The molecule has 2 aliphatic carbocycles. The molecule has 7 heteroatoms. The highest BCUT2D eigenvalue weighted by Gasteiger charge is 2.38. The zero-order chi connectivity index (χ0) is 22.5. The number of hydrogen-bond donors (Lipinski definition) is 1. The predicted octanol–water partition coefficient (Wildman–Crippen LogP) is 3.54. The third-order valence-electron chi connectivity index (χ3n) is 7.49. The number of carbonyl (C=O) groups excluding carboxylic acids is 2. The first-order valence-electron chi connectivity index (χ1n) is 12.2. The Kier molecular flexibility index (Phi) is 7.55. The van der Waals surface area contributed by atoms with Crippen LogP contribution in [0.1, 0.15) is 51.4 Å². The molecule has 0 radical (unpaired) electrons. The molecule has 1 saturated heterocycles. The van der Waals surface area contributed by atoms with Crippen LogP contribution in [0.4, 0.5) is 5.69 Å². The van der Waals surface area contributed by atoms with Crippen molar-refractivity contribution in [3.8, 4) is 11.5 Å². The van der Waals surface area contributed by atoms with Crippen molar-refractivity contribution in [1.29, 1.82) is 0 Å². The van der Waals surface area contributed by atoms with Gasteiger partial charge < -0.3 is 19.7 Å². The van der Waals surface area contributed by atoms with Crippen molar-refractivity contribution in [3.05, 3.63) is 18.2 Å². The van der Waals surface area contributed by atoms with Gasteiger partial charge in [0.15, 0.2) is 11.5 Å². The number of rotatable bonds is 7. The summed E-state index contributed by atoms with van der Waals surface area (Å²) in [5.74, 6) is 2.20. The highest BCUT2D eigenvalue weighted by Crippen LogP contribution is 2.34. The molecule has 0 aromatic heterocycles. The molecular formula is C25H37N3O4. The fraction of sp³-hybridized carbons (Fsp3) is 0.680. The Hall–Kier alpha value is -2.28. The number of methoxy groups -OCH3 is 2. The highest BCUT2D eigenvalue weighted by atomic mass is 16.5. The zero-order valence-electron chi connectivity index (χ0n) is 19.5. The lowest BCUT2D eigenvalue weighted by Crippen LogP contribution is -2.57. The number of nitrogens with one attached hydrogen (secondary N) is 1. The van der Waals surface area contributed by atoms with E-state index in [0.29, 0.717) is 29.0 Å². The molecule has 2 saturated carbocycles. The monoisotopic (exact) mass is 443 g/mol. The number of carbonyl (C=O) groups is 2. The molecule has 0 unspecified atom stereocenters. The number of nitrogens with zero attached hydrogens (tertiary/aromatic N) is 2. The minimum absolute atomic E-state index is 0.0414. The Labute approximate surface area is 191 Å². The van der Waals surface area contributed by atoms with Crippen LogP contribution in [0.2, 0.25) is 0 Å². The lowest BCUT2D eigenvalue weighted by Gasteiger charge is -2.41. The molecule has 0 bridgehead atoms. The first-order valence-corrected chi connectivity index (χ1v) is 12.2. The molecule has 3 fully saturated rings. The molecule has 1 aromatic rings. The van der Waals surface area contributed by atoms with Gasteiger partial charge in [-0.05, 0) is 43.7 Å². The molecular weight excluding hydrogens is 406 g/mol. The lowest BCUT2D eigenvalue weighted by molar-refractivity contribution is -0.138. The maximum atomic E-state index is 13.5. The zero-order valence-corrected chi connectivity index (χ0v) is 19.5. The van der Waals surface area contributed by atoms with Crippen molar-refractivity contribution in [2.24, 2.45) is 11.8 Å². The number of benzene rings is 1. The Bertz CT molecular complexity index is 794. The van der Waals surface area contributed by atoms with Gasteiger partial charge >= 0.3 is 0 Å². The average molecular weight is 444 g/mol. The molecule has 1 atom stereocenters. The summed E-state index contributed by atoms with van der Waals surface area (Å²) in [7, 11) is 3.19. The molecule has 1 aromatic carbocycles. The topological polar surface area (TPSA) is 71.1 Å². The molecule has 176 valence electrons. The summed E-state index contributed by atoms with van der Waals surface area (Å²) in [6.45, 7) is 2.97. The smallest absolute Gasteiger partial charge is 0.242 e. The normalized spacial score (nSPS) is 21.5. The fourth-order valence-corrected chi connectivity index (χ4v) is 5.73. The van der Waals surface area contributed by atoms with Crippen LogP contribution < -0.4 is 14.8 Å². The van der Waals surface area contributed by atoms with Gasteiger partial charge in [-0.15, -0.1) is 0 Å². The third-order valence-corrected chi connectivity index (χ3v) is 7.49. The van der Waals surface area contributed by atoms with Crippen LogP contribution in [-0.4, -0.2) is 68.1 Å². The van der Waals surface area contributed by atoms with E-state index in [-0.39, 0.29) is 17.9 Å². The van der Waals surface area contributed by atoms with Crippen molar-refractivity contribution in [3.63, 3.8) is 0 Å². The van der Waals surface area contributed by atoms with Crippen LogP contribution in [0, 0.1) is 11.8 Å². The van der Waals surface area contributed by atoms with E-state index >= 15 is 0 Å². The van der Waals surface area contributed by atoms with Crippen LogP contribution in [0.15, 0.2) is 18.2 Å². The van der Waals surface area contributed by atoms with E-state index < -0.39 is 0 Å². The minimum Gasteiger partial charge on any atom is -0.493 e. The first-order chi connectivity index (χ1) is 15.6. The molecule has 7 nitrogen and oxygen atoms in total. The maximum Gasteiger partial charge on any atom is 0.242 e. The molecule has 1 N–H and O–H groups in total. The van der Waals surface area contributed by atoms with E-state index in [1.54, 1.807) is 20.3 Å². The second-order valence-corrected chi connectivity index (χ2v) is 9.39. The Morgan fingerprint density at radius 2 is 1.53 bits per heavy atom. The molecule has 0 spiro atoms. The van der Waals surface area contributed by atoms with E-state index in [0.717, 1.165) is 51.9 Å². The number of piperazine rings is 1. The largest absolute Gasteiger partial charge is 0.493 e. The maximum absolute atomic E-state index is 13.5. The van der Waals surface area contributed by atoms with Crippen LogP contribution >= 0.6 is 0 Å². The van der Waals surface area contributed by atoms with E-state index in [2.05, 4.69) is 10.2 Å². The SMILES string of the molecule is COc1ccc(NC(=O)[C@H](C2CCCC2)N2CCN(C(=O)C3CCCC3)CC2)cc1OC. The summed E-state index contributed by atoms with van der Waals surface area (Å²) in [6.07, 6.45) is 8.98. The van der Waals surface area contributed by atoms with Gasteiger partial charge in [-0.25, -0.2) is 0 Å². The van der Waals surface area contributed by atoms with Gasteiger partial charge in [0.25, 0.3) is 0 Å². The van der Waals surface area contributed by atoms with Crippen LogP contribution in [0.3, 0.4) is 0 Å². The summed E-state index contributed by atoms with van der Waals surface area (Å²) in [5, 5.41) is 3.12. The van der Waals surface area contributed by atoms with Gasteiger partial charge in [-0.1, -0.05) is 25.7 Å². The molecule has 3 aliphatic rings. The molecule has 1 heterocycles. The number of amides is 2. The molecule has 32 heavy (non-hydrogen) atoms. The third kappa shape index (κ3) is 5.03. The standard InChI is InChI=1S/C25H37N3O4/c1-31-21-12-11-20(17-22(21)32-2)26-24(29)23(18-7-3-4-8-18)27-13-15-28(16-14-27)25(30)19-9-5-6-10-19/h11-12,17-19,23H,3-10,13-16H2,1-2H3,(H,26,29)/t23-/m0/s1. The Balaban J connectivity index is 1.42. The van der Waals surface area contributed by atoms with Crippen LogP contribution in [0.5, 0.6) is 11.5 Å².